The Balaban J connectivity index is 1.63. The number of carboxylic acids is 1. The van der Waals surface area contributed by atoms with Gasteiger partial charge in [0.05, 0.1) is 29.8 Å². The summed E-state index contributed by atoms with van der Waals surface area (Å²) in [6.45, 7) is 6.41. The molecule has 3 N–H and O–H groups in total. The Labute approximate surface area is 229 Å². The molecule has 39 heavy (non-hydrogen) atoms. The standard InChI is InChI=1S/C31H36FNO5Si/c1-39(2,3)38-23-11-13-24-28(16-23)33-31(27-17-26(27)18-4-5-18)25(30(24)19-6-8-20(32)9-7-19)12-10-21(34)14-22(35)15-29(36)37/h6-13,16,18,21-22,26-27,34-35H,4-5,14-15,17H2,1-3H3,(H,36,37)/b12-10+. The zero-order valence-corrected chi connectivity index (χ0v) is 23.6. The maximum absolute atomic E-state index is 13.9. The first-order valence-corrected chi connectivity index (χ1v) is 17.1. The number of carbonyl (C=O) groups is 1. The van der Waals surface area contributed by atoms with E-state index in [9.17, 15) is 19.4 Å². The summed E-state index contributed by atoms with van der Waals surface area (Å²) in [6.07, 6.45) is 4.30. The van der Waals surface area contributed by atoms with Crippen LogP contribution in [-0.2, 0) is 4.79 Å². The fraction of sp³-hybridized carbons (Fsp3) is 0.419. The number of aromatic nitrogens is 1. The fourth-order valence-corrected chi connectivity index (χ4v) is 6.33. The summed E-state index contributed by atoms with van der Waals surface area (Å²) in [5.74, 6) is 0.974. The molecule has 0 amide bonds. The molecule has 0 bridgehead atoms. The quantitative estimate of drug-likeness (QED) is 0.241. The number of aliphatic carboxylic acids is 1. The van der Waals surface area contributed by atoms with Gasteiger partial charge in [0.15, 0.2) is 0 Å². The molecule has 2 fully saturated rings. The second-order valence-electron chi connectivity index (χ2n) is 11.9. The number of aliphatic hydroxyl groups excluding tert-OH is 2. The van der Waals surface area contributed by atoms with Crippen molar-refractivity contribution in [3.8, 4) is 16.9 Å². The zero-order chi connectivity index (χ0) is 27.9. The average molecular weight is 550 g/mol. The van der Waals surface area contributed by atoms with Crippen molar-refractivity contribution in [2.45, 2.75) is 69.9 Å². The second-order valence-corrected chi connectivity index (χ2v) is 16.4. The molecule has 0 aliphatic heterocycles. The van der Waals surface area contributed by atoms with Gasteiger partial charge in [-0.05, 0) is 80.6 Å². The van der Waals surface area contributed by atoms with Crippen molar-refractivity contribution in [1.82, 2.24) is 4.98 Å². The van der Waals surface area contributed by atoms with E-state index in [1.165, 1.54) is 25.0 Å². The summed E-state index contributed by atoms with van der Waals surface area (Å²) in [5.41, 5.74) is 4.39. The maximum atomic E-state index is 13.9. The smallest absolute Gasteiger partial charge is 0.305 e. The number of hydrogen-bond acceptors (Lipinski definition) is 5. The van der Waals surface area contributed by atoms with Crippen molar-refractivity contribution in [3.05, 3.63) is 65.6 Å². The number of carboxylic acid groups (broad SMARTS) is 1. The molecule has 3 aromatic rings. The van der Waals surface area contributed by atoms with Crippen molar-refractivity contribution >= 4 is 31.3 Å². The molecule has 2 saturated carbocycles. The summed E-state index contributed by atoms with van der Waals surface area (Å²) in [6, 6.07) is 12.3. The van der Waals surface area contributed by atoms with Gasteiger partial charge in [0.25, 0.3) is 0 Å². The highest BCUT2D eigenvalue weighted by atomic mass is 28.4. The van der Waals surface area contributed by atoms with Gasteiger partial charge in [-0.3, -0.25) is 9.78 Å². The number of aliphatic hydroxyl groups is 2. The predicted molar refractivity (Wildman–Crippen MR) is 153 cm³/mol. The van der Waals surface area contributed by atoms with Gasteiger partial charge in [0, 0.05) is 34.9 Å². The van der Waals surface area contributed by atoms with E-state index in [1.807, 2.05) is 24.3 Å². The van der Waals surface area contributed by atoms with Gasteiger partial charge < -0.3 is 19.7 Å². The summed E-state index contributed by atoms with van der Waals surface area (Å²) in [7, 11) is -1.84. The van der Waals surface area contributed by atoms with Crippen molar-refractivity contribution in [1.29, 1.82) is 0 Å². The van der Waals surface area contributed by atoms with Crippen LogP contribution in [0.15, 0.2) is 48.5 Å². The largest absolute Gasteiger partial charge is 0.544 e. The number of hydrogen-bond donors (Lipinski definition) is 3. The van der Waals surface area contributed by atoms with Crippen LogP contribution in [-0.4, -0.2) is 46.8 Å². The maximum Gasteiger partial charge on any atom is 0.305 e. The third kappa shape index (κ3) is 6.75. The molecule has 2 aromatic carbocycles. The first kappa shape index (κ1) is 27.5. The molecule has 6 nitrogen and oxygen atoms in total. The number of rotatable bonds is 11. The molecule has 2 aliphatic carbocycles. The summed E-state index contributed by atoms with van der Waals surface area (Å²) >= 11 is 0. The van der Waals surface area contributed by atoms with Crippen LogP contribution in [0.5, 0.6) is 5.75 Å². The Hall–Kier alpha value is -3.07. The minimum Gasteiger partial charge on any atom is -0.544 e. The Morgan fingerprint density at radius 1 is 1.15 bits per heavy atom. The lowest BCUT2D eigenvalue weighted by atomic mass is 9.91. The normalized spacial score (nSPS) is 20.8. The summed E-state index contributed by atoms with van der Waals surface area (Å²) in [5, 5.41) is 30.5. The van der Waals surface area contributed by atoms with Crippen LogP contribution in [0.4, 0.5) is 4.39 Å². The van der Waals surface area contributed by atoms with E-state index < -0.39 is 32.9 Å². The van der Waals surface area contributed by atoms with Crippen molar-refractivity contribution in [2.75, 3.05) is 0 Å². The molecule has 206 valence electrons. The fourth-order valence-electron chi connectivity index (χ4n) is 5.50. The van der Waals surface area contributed by atoms with Crippen LogP contribution in [0.1, 0.15) is 49.3 Å². The van der Waals surface area contributed by atoms with Gasteiger partial charge in [-0.15, -0.1) is 0 Å². The van der Waals surface area contributed by atoms with E-state index in [4.69, 9.17) is 14.5 Å². The third-order valence-corrected chi connectivity index (χ3v) is 8.26. The predicted octanol–water partition coefficient (Wildman–Crippen LogP) is 6.37. The first-order chi connectivity index (χ1) is 18.5. The van der Waals surface area contributed by atoms with Crippen LogP contribution >= 0.6 is 0 Å². The Morgan fingerprint density at radius 3 is 2.51 bits per heavy atom. The summed E-state index contributed by atoms with van der Waals surface area (Å²) in [4.78, 5) is 16.1. The topological polar surface area (TPSA) is 99.9 Å². The molecule has 5 rings (SSSR count). The monoisotopic (exact) mass is 549 g/mol. The van der Waals surface area contributed by atoms with Crippen LogP contribution < -0.4 is 4.43 Å². The molecule has 4 unspecified atom stereocenters. The molecule has 8 heteroatoms. The van der Waals surface area contributed by atoms with Crippen LogP contribution in [0, 0.1) is 17.7 Å². The highest BCUT2D eigenvalue weighted by molar-refractivity contribution is 6.70. The van der Waals surface area contributed by atoms with Gasteiger partial charge in [0.2, 0.25) is 8.32 Å². The number of nitrogens with zero attached hydrogens (tertiary/aromatic N) is 1. The minimum atomic E-state index is -1.84. The lowest BCUT2D eigenvalue weighted by Gasteiger charge is -2.21. The Kier molecular flexibility index (Phi) is 7.63. The molecule has 0 radical (unpaired) electrons. The zero-order valence-electron chi connectivity index (χ0n) is 22.6. The second kappa shape index (κ2) is 10.8. The molecule has 4 atom stereocenters. The Bertz CT molecular complexity index is 1400. The van der Waals surface area contributed by atoms with Crippen molar-refractivity contribution in [2.24, 2.45) is 11.8 Å². The van der Waals surface area contributed by atoms with E-state index >= 15 is 0 Å². The van der Waals surface area contributed by atoms with Gasteiger partial charge in [-0.1, -0.05) is 24.3 Å². The third-order valence-electron chi connectivity index (χ3n) is 7.41. The van der Waals surface area contributed by atoms with E-state index in [0.717, 1.165) is 51.4 Å². The molecule has 1 aromatic heterocycles. The van der Waals surface area contributed by atoms with Crippen molar-refractivity contribution in [3.63, 3.8) is 0 Å². The molecular weight excluding hydrogens is 513 g/mol. The molecular formula is C31H36FNO5Si. The minimum absolute atomic E-state index is 0.0868. The van der Waals surface area contributed by atoms with Crippen LogP contribution in [0.25, 0.3) is 28.1 Å². The van der Waals surface area contributed by atoms with Gasteiger partial charge >= 0.3 is 5.97 Å². The van der Waals surface area contributed by atoms with E-state index in [2.05, 4.69) is 19.6 Å². The van der Waals surface area contributed by atoms with E-state index in [-0.39, 0.29) is 12.2 Å². The molecule has 0 spiro atoms. The average Bonchev–Trinajstić information content (AvgIpc) is 3.74. The first-order valence-electron chi connectivity index (χ1n) is 13.7. The molecule has 0 saturated heterocycles. The highest BCUT2D eigenvalue weighted by Crippen LogP contribution is 2.60. The summed E-state index contributed by atoms with van der Waals surface area (Å²) < 4.78 is 20.2. The number of pyridine rings is 1. The lowest BCUT2D eigenvalue weighted by molar-refractivity contribution is -0.139. The number of halogens is 1. The number of fused-ring (bicyclic) bond motifs is 1. The van der Waals surface area contributed by atoms with Gasteiger partial charge in [-0.2, -0.15) is 0 Å². The van der Waals surface area contributed by atoms with Crippen LogP contribution in [0.2, 0.25) is 19.6 Å². The molecule has 1 heterocycles. The van der Waals surface area contributed by atoms with Crippen molar-refractivity contribution < 1.29 is 28.9 Å². The highest BCUT2D eigenvalue weighted by Gasteiger charge is 2.49. The van der Waals surface area contributed by atoms with E-state index in [0.29, 0.717) is 11.8 Å². The van der Waals surface area contributed by atoms with Gasteiger partial charge in [-0.25, -0.2) is 4.39 Å². The Morgan fingerprint density at radius 2 is 1.87 bits per heavy atom. The van der Waals surface area contributed by atoms with E-state index in [1.54, 1.807) is 18.2 Å². The van der Waals surface area contributed by atoms with Gasteiger partial charge in [0.1, 0.15) is 11.6 Å². The SMILES string of the molecule is C[Si](C)(C)Oc1ccc2c(-c3ccc(F)cc3)c(/C=C/C(O)CC(O)CC(=O)O)c(C3CC3C3CC3)nc2c1. The number of benzene rings is 2. The van der Waals surface area contributed by atoms with Crippen LogP contribution in [0.3, 0.4) is 0 Å². The molecule has 2 aliphatic rings. The lowest BCUT2D eigenvalue weighted by Crippen LogP contribution is -2.29.